The molecule has 2 aliphatic heterocycles. The van der Waals surface area contributed by atoms with Crippen LogP contribution in [0.15, 0.2) is 60.7 Å². The average molecular weight is 481 g/mol. The van der Waals surface area contributed by atoms with E-state index >= 15 is 4.39 Å². The number of nitrogens with one attached hydrogen (secondary N) is 2. The minimum absolute atomic E-state index is 0.0963. The van der Waals surface area contributed by atoms with Gasteiger partial charge in [0.1, 0.15) is 11.5 Å². The molecule has 0 radical (unpaired) electrons. The van der Waals surface area contributed by atoms with Crippen LogP contribution in [0.25, 0.3) is 5.69 Å². The van der Waals surface area contributed by atoms with Crippen LogP contribution < -0.4 is 15.6 Å². The minimum Gasteiger partial charge on any atom is -0.443 e. The summed E-state index contributed by atoms with van der Waals surface area (Å²) in [5.74, 6) is -0.104. The number of hydrogen-bond donors (Lipinski definition) is 2. The van der Waals surface area contributed by atoms with Crippen molar-refractivity contribution in [2.24, 2.45) is 0 Å². The number of alkyl halides is 1. The number of aromatic nitrogens is 4. The number of hydrazine groups is 1. The van der Waals surface area contributed by atoms with Crippen LogP contribution in [-0.2, 0) is 14.9 Å². The molecule has 0 spiro atoms. The van der Waals surface area contributed by atoms with E-state index in [0.717, 1.165) is 0 Å². The molecule has 12 heteroatoms. The maximum absolute atomic E-state index is 15.3. The summed E-state index contributed by atoms with van der Waals surface area (Å²) >= 11 is 0. The van der Waals surface area contributed by atoms with E-state index in [2.05, 4.69) is 26.3 Å². The largest absolute Gasteiger partial charge is 0.443 e. The van der Waals surface area contributed by atoms with Crippen LogP contribution in [0.3, 0.4) is 0 Å². The van der Waals surface area contributed by atoms with Crippen molar-refractivity contribution in [3.05, 3.63) is 66.2 Å². The molecule has 2 aliphatic rings. The molecule has 3 heterocycles. The van der Waals surface area contributed by atoms with Crippen molar-refractivity contribution in [2.75, 3.05) is 31.1 Å². The van der Waals surface area contributed by atoms with Gasteiger partial charge >= 0.3 is 6.09 Å². The number of rotatable bonds is 6. The third kappa shape index (κ3) is 4.28. The second-order valence-electron chi connectivity index (χ2n) is 8.58. The van der Waals surface area contributed by atoms with E-state index in [-0.39, 0.29) is 31.5 Å². The molecule has 0 saturated carbocycles. The maximum Gasteiger partial charge on any atom is 0.407 e. The quantitative estimate of drug-likeness (QED) is 0.505. The predicted molar refractivity (Wildman–Crippen MR) is 123 cm³/mol. The number of cyclic esters (lactones) is 1. The lowest BCUT2D eigenvalue weighted by molar-refractivity contribution is -0.135. The van der Waals surface area contributed by atoms with E-state index in [4.69, 9.17) is 4.74 Å². The Hall–Kier alpha value is -4.06. The fourth-order valence-electron chi connectivity index (χ4n) is 4.38. The Balaban J connectivity index is 1.31. The zero-order chi connectivity index (χ0) is 24.4. The van der Waals surface area contributed by atoms with Crippen molar-refractivity contribution < 1.29 is 18.7 Å². The lowest BCUT2D eigenvalue weighted by Gasteiger charge is -2.40. The number of alkyl carbamates (subject to hydrolysis) is 1. The maximum atomic E-state index is 15.3. The number of nitrogens with zero attached hydrogens (tertiary/aromatic N) is 6. The Morgan fingerprint density at radius 1 is 1.14 bits per heavy atom. The fraction of sp³-hybridized carbons (Fsp3) is 0.348. The van der Waals surface area contributed by atoms with Crippen molar-refractivity contribution in [3.8, 4) is 5.69 Å². The molecular weight excluding hydrogens is 455 g/mol. The normalized spacial score (nSPS) is 22.2. The van der Waals surface area contributed by atoms with E-state index in [1.165, 1.54) is 14.6 Å². The highest BCUT2D eigenvalue weighted by molar-refractivity contribution is 5.89. The summed E-state index contributed by atoms with van der Waals surface area (Å²) in [6.07, 6.45) is -2.75. The third-order valence-corrected chi connectivity index (χ3v) is 6.46. The van der Waals surface area contributed by atoms with Crippen molar-refractivity contribution in [1.29, 1.82) is 0 Å². The van der Waals surface area contributed by atoms with Crippen LogP contribution in [0.1, 0.15) is 12.5 Å². The number of hydrogen-bond acceptors (Lipinski definition) is 8. The van der Waals surface area contributed by atoms with Crippen LogP contribution in [0, 0.1) is 0 Å². The average Bonchev–Trinajstić information content (AvgIpc) is 3.54. The molecule has 3 atom stereocenters. The van der Waals surface area contributed by atoms with Gasteiger partial charge in [-0.1, -0.05) is 53.6 Å². The molecule has 3 aromatic rings. The SMILES string of the molecule is CC(C(=O)NN1CCN(c2nnnn2-c2ccccc2)C(F)C1)(c1ccccc1)C1CNC(=O)O1. The number of carbonyl (C=O) groups is 2. The summed E-state index contributed by atoms with van der Waals surface area (Å²) < 4.78 is 22.2. The highest BCUT2D eigenvalue weighted by Gasteiger charge is 2.48. The Labute approximate surface area is 200 Å². The summed E-state index contributed by atoms with van der Waals surface area (Å²) in [5.41, 5.74) is 3.07. The van der Waals surface area contributed by atoms with Gasteiger partial charge in [-0.25, -0.2) is 14.2 Å². The molecule has 1 aromatic heterocycles. The molecule has 2 fully saturated rings. The molecule has 0 bridgehead atoms. The standard InChI is InChI=1S/C23H25FN8O3/c1-23(16-8-4-2-5-9-16,18-14-25-22(34)35-18)20(33)27-30-12-13-31(19(24)15-30)21-26-28-29-32(21)17-10-6-3-7-11-17/h2-11,18-19H,12-15H2,1H3,(H,25,34)(H,27,33). The van der Waals surface area contributed by atoms with Gasteiger partial charge in [0.2, 0.25) is 5.91 Å². The fourth-order valence-corrected chi connectivity index (χ4v) is 4.38. The van der Waals surface area contributed by atoms with Crippen LogP contribution in [-0.4, -0.2) is 75.8 Å². The first-order valence-electron chi connectivity index (χ1n) is 11.3. The van der Waals surface area contributed by atoms with Gasteiger partial charge in [0, 0.05) is 13.1 Å². The summed E-state index contributed by atoms with van der Waals surface area (Å²) in [7, 11) is 0. The van der Waals surface area contributed by atoms with Gasteiger partial charge in [-0.2, -0.15) is 4.68 Å². The monoisotopic (exact) mass is 480 g/mol. The van der Waals surface area contributed by atoms with Crippen molar-refractivity contribution in [1.82, 2.24) is 36.0 Å². The Kier molecular flexibility index (Phi) is 6.03. The predicted octanol–water partition coefficient (Wildman–Crippen LogP) is 1.18. The lowest BCUT2D eigenvalue weighted by Crippen LogP contribution is -2.61. The Morgan fingerprint density at radius 2 is 1.86 bits per heavy atom. The summed E-state index contributed by atoms with van der Waals surface area (Å²) in [6, 6.07) is 18.3. The van der Waals surface area contributed by atoms with E-state index in [0.29, 0.717) is 17.8 Å². The molecule has 0 aliphatic carbocycles. The van der Waals surface area contributed by atoms with Gasteiger partial charge < -0.3 is 15.0 Å². The number of carbonyl (C=O) groups excluding carboxylic acids is 2. The molecule has 2 aromatic carbocycles. The van der Waals surface area contributed by atoms with Crippen LogP contribution in [0.5, 0.6) is 0 Å². The minimum atomic E-state index is -1.47. The first-order chi connectivity index (χ1) is 17.0. The van der Waals surface area contributed by atoms with Crippen LogP contribution in [0.2, 0.25) is 0 Å². The molecule has 2 N–H and O–H groups in total. The van der Waals surface area contributed by atoms with Crippen LogP contribution >= 0.6 is 0 Å². The van der Waals surface area contributed by atoms with Gasteiger partial charge in [-0.05, 0) is 35.0 Å². The van der Waals surface area contributed by atoms with Gasteiger partial charge in [0.15, 0.2) is 6.30 Å². The zero-order valence-electron chi connectivity index (χ0n) is 19.0. The first-order valence-corrected chi connectivity index (χ1v) is 11.3. The third-order valence-electron chi connectivity index (χ3n) is 6.46. The number of tetrazole rings is 1. The number of benzene rings is 2. The molecule has 2 amide bonds. The Morgan fingerprint density at radius 3 is 2.51 bits per heavy atom. The lowest BCUT2D eigenvalue weighted by atomic mass is 9.76. The molecule has 5 rings (SSSR count). The molecular formula is C23H25FN8O3. The molecule has 182 valence electrons. The second kappa shape index (κ2) is 9.29. The number of halogens is 1. The highest BCUT2D eigenvalue weighted by atomic mass is 19.1. The molecule has 11 nitrogen and oxygen atoms in total. The number of ether oxygens (including phenoxy) is 1. The molecule has 3 unspecified atom stereocenters. The highest BCUT2D eigenvalue weighted by Crippen LogP contribution is 2.32. The van der Waals surface area contributed by atoms with Crippen molar-refractivity contribution in [2.45, 2.75) is 24.7 Å². The van der Waals surface area contributed by atoms with E-state index in [9.17, 15) is 9.59 Å². The van der Waals surface area contributed by atoms with E-state index in [1.54, 1.807) is 6.92 Å². The number of amides is 2. The van der Waals surface area contributed by atoms with Crippen molar-refractivity contribution >= 4 is 17.9 Å². The number of para-hydroxylation sites is 1. The Bertz CT molecular complexity index is 1190. The van der Waals surface area contributed by atoms with Gasteiger partial charge in [0.05, 0.1) is 18.8 Å². The molecule has 2 saturated heterocycles. The van der Waals surface area contributed by atoms with Crippen molar-refractivity contribution in [3.63, 3.8) is 0 Å². The second-order valence-corrected chi connectivity index (χ2v) is 8.58. The molecule has 35 heavy (non-hydrogen) atoms. The number of anilines is 1. The van der Waals surface area contributed by atoms with Gasteiger partial charge in [0.25, 0.3) is 5.95 Å². The van der Waals surface area contributed by atoms with Gasteiger partial charge in [-0.15, -0.1) is 0 Å². The topological polar surface area (TPSA) is 118 Å². The smallest absolute Gasteiger partial charge is 0.407 e. The first kappa shape index (κ1) is 22.7. The van der Waals surface area contributed by atoms with Crippen LogP contribution in [0.4, 0.5) is 15.1 Å². The number of piperazine rings is 1. The van der Waals surface area contributed by atoms with E-state index < -0.39 is 23.9 Å². The van der Waals surface area contributed by atoms with Gasteiger partial charge in [-0.3, -0.25) is 10.2 Å². The summed E-state index contributed by atoms with van der Waals surface area (Å²) in [5, 5.41) is 15.9. The zero-order valence-corrected chi connectivity index (χ0v) is 19.0. The van der Waals surface area contributed by atoms with E-state index in [1.807, 2.05) is 60.7 Å². The summed E-state index contributed by atoms with van der Waals surface area (Å²) in [4.78, 5) is 26.7. The summed E-state index contributed by atoms with van der Waals surface area (Å²) in [6.45, 7) is 2.40.